The summed E-state index contributed by atoms with van der Waals surface area (Å²) in [5, 5.41) is 2.65. The fraction of sp³-hybridized carbons (Fsp3) is 0.111. The fourth-order valence-corrected chi connectivity index (χ4v) is 3.10. The number of imide groups is 1. The van der Waals surface area contributed by atoms with Gasteiger partial charge in [-0.2, -0.15) is 0 Å². The summed E-state index contributed by atoms with van der Waals surface area (Å²) < 4.78 is 18.3. The summed E-state index contributed by atoms with van der Waals surface area (Å²) in [6.45, 7) is 0.0531. The van der Waals surface area contributed by atoms with E-state index in [4.69, 9.17) is 4.74 Å². The Labute approximate surface area is 148 Å². The lowest BCUT2D eigenvalue weighted by Crippen LogP contribution is -2.33. The van der Waals surface area contributed by atoms with Crippen LogP contribution in [0.2, 0.25) is 0 Å². The fourth-order valence-electron chi connectivity index (χ4n) is 2.26. The highest BCUT2D eigenvalue weighted by Crippen LogP contribution is 2.32. The molecule has 0 bridgehead atoms. The van der Waals surface area contributed by atoms with Crippen LogP contribution in [-0.4, -0.2) is 29.8 Å². The molecule has 1 aliphatic rings. The van der Waals surface area contributed by atoms with E-state index in [1.807, 2.05) is 0 Å². The first-order chi connectivity index (χ1) is 12.1. The second-order valence-corrected chi connectivity index (χ2v) is 6.22. The van der Waals surface area contributed by atoms with Crippen molar-refractivity contribution >= 4 is 34.7 Å². The van der Waals surface area contributed by atoms with Crippen LogP contribution in [0.4, 0.5) is 14.9 Å². The molecule has 2 amide bonds. The number of benzene rings is 2. The standard InChI is InChI=1S/C18H15FN2O3S/c1-24-15-7-5-14(6-8-15)20-11-21-17(22)16(25-18(21)23)10-12-3-2-4-13(19)9-12/h2-10,20H,11H2,1H3/b16-10+. The van der Waals surface area contributed by atoms with Crippen LogP contribution in [0.25, 0.3) is 6.08 Å². The van der Waals surface area contributed by atoms with Gasteiger partial charge in [0.2, 0.25) is 0 Å². The minimum Gasteiger partial charge on any atom is -0.497 e. The van der Waals surface area contributed by atoms with Crippen molar-refractivity contribution in [1.29, 1.82) is 0 Å². The van der Waals surface area contributed by atoms with Crippen molar-refractivity contribution < 1.29 is 18.7 Å². The molecular weight excluding hydrogens is 343 g/mol. The molecule has 1 heterocycles. The number of hydrogen-bond acceptors (Lipinski definition) is 5. The van der Waals surface area contributed by atoms with Crippen LogP contribution in [0, 0.1) is 5.82 Å². The third-order valence-corrected chi connectivity index (χ3v) is 4.46. The number of hydrogen-bond donors (Lipinski definition) is 1. The first kappa shape index (κ1) is 17.0. The van der Waals surface area contributed by atoms with Crippen LogP contribution < -0.4 is 10.1 Å². The van der Waals surface area contributed by atoms with Crippen molar-refractivity contribution in [1.82, 2.24) is 4.90 Å². The molecule has 0 saturated carbocycles. The average Bonchev–Trinajstić information content (AvgIpc) is 2.87. The van der Waals surface area contributed by atoms with E-state index in [0.717, 1.165) is 28.1 Å². The number of ether oxygens (including phenoxy) is 1. The maximum absolute atomic E-state index is 13.2. The van der Waals surface area contributed by atoms with Crippen molar-refractivity contribution in [2.24, 2.45) is 0 Å². The van der Waals surface area contributed by atoms with Crippen molar-refractivity contribution in [2.45, 2.75) is 0 Å². The number of amides is 2. The first-order valence-corrected chi connectivity index (χ1v) is 8.27. The molecule has 7 heteroatoms. The Morgan fingerprint density at radius 2 is 1.96 bits per heavy atom. The minimum absolute atomic E-state index is 0.0531. The van der Waals surface area contributed by atoms with E-state index in [9.17, 15) is 14.0 Å². The summed E-state index contributed by atoms with van der Waals surface area (Å²) in [4.78, 5) is 25.8. The Kier molecular flexibility index (Phi) is 5.04. The van der Waals surface area contributed by atoms with Gasteiger partial charge in [0.25, 0.3) is 11.1 Å². The van der Waals surface area contributed by atoms with Gasteiger partial charge in [0.15, 0.2) is 0 Å². The number of halogens is 1. The third kappa shape index (κ3) is 4.00. The molecule has 1 N–H and O–H groups in total. The van der Waals surface area contributed by atoms with E-state index in [1.54, 1.807) is 43.5 Å². The van der Waals surface area contributed by atoms with E-state index in [2.05, 4.69) is 5.32 Å². The molecule has 0 aromatic heterocycles. The molecule has 1 aliphatic heterocycles. The summed E-state index contributed by atoms with van der Waals surface area (Å²) in [5.74, 6) is -0.0795. The minimum atomic E-state index is -0.403. The van der Waals surface area contributed by atoms with Gasteiger partial charge in [-0.15, -0.1) is 0 Å². The lowest BCUT2D eigenvalue weighted by Gasteiger charge is -2.14. The van der Waals surface area contributed by atoms with Crippen LogP contribution in [-0.2, 0) is 4.79 Å². The van der Waals surface area contributed by atoms with E-state index < -0.39 is 11.7 Å². The van der Waals surface area contributed by atoms with Crippen LogP contribution in [0.3, 0.4) is 0 Å². The molecule has 1 fully saturated rings. The van der Waals surface area contributed by atoms with E-state index in [0.29, 0.717) is 5.56 Å². The summed E-state index contributed by atoms with van der Waals surface area (Å²) in [5.41, 5.74) is 1.29. The van der Waals surface area contributed by atoms with Crippen LogP contribution >= 0.6 is 11.8 Å². The molecule has 2 aromatic rings. The maximum atomic E-state index is 13.2. The predicted octanol–water partition coefficient (Wildman–Crippen LogP) is 3.94. The molecular formula is C18H15FN2O3S. The van der Waals surface area contributed by atoms with Gasteiger partial charge in [-0.25, -0.2) is 4.39 Å². The first-order valence-electron chi connectivity index (χ1n) is 7.45. The molecule has 0 unspecified atom stereocenters. The number of carbonyl (C=O) groups excluding carboxylic acids is 2. The van der Waals surface area contributed by atoms with Gasteiger partial charge >= 0.3 is 0 Å². The topological polar surface area (TPSA) is 58.6 Å². The van der Waals surface area contributed by atoms with Gasteiger partial charge in [0.1, 0.15) is 11.6 Å². The van der Waals surface area contributed by atoms with Crippen LogP contribution in [0.15, 0.2) is 53.4 Å². The van der Waals surface area contributed by atoms with Gasteiger partial charge < -0.3 is 10.1 Å². The number of methoxy groups -OCH3 is 1. The zero-order valence-electron chi connectivity index (χ0n) is 13.4. The van der Waals surface area contributed by atoms with E-state index in [-0.39, 0.29) is 16.8 Å². The lowest BCUT2D eigenvalue weighted by atomic mass is 10.2. The number of anilines is 1. The Hall–Kier alpha value is -2.80. The molecule has 5 nitrogen and oxygen atoms in total. The van der Waals surface area contributed by atoms with Crippen LogP contribution in [0.5, 0.6) is 5.75 Å². The number of nitrogens with one attached hydrogen (secondary N) is 1. The van der Waals surface area contributed by atoms with Crippen LogP contribution in [0.1, 0.15) is 5.56 Å². The zero-order valence-corrected chi connectivity index (χ0v) is 14.2. The second kappa shape index (κ2) is 7.40. The van der Waals surface area contributed by atoms with Gasteiger partial charge in [0.05, 0.1) is 18.7 Å². The van der Waals surface area contributed by atoms with Gasteiger partial charge in [0, 0.05) is 5.69 Å². The number of rotatable bonds is 5. The summed E-state index contributed by atoms with van der Waals surface area (Å²) in [7, 11) is 1.58. The lowest BCUT2D eigenvalue weighted by molar-refractivity contribution is -0.122. The highest BCUT2D eigenvalue weighted by molar-refractivity contribution is 8.18. The highest BCUT2D eigenvalue weighted by atomic mass is 32.2. The van der Waals surface area contributed by atoms with E-state index >= 15 is 0 Å². The molecule has 128 valence electrons. The molecule has 1 saturated heterocycles. The summed E-state index contributed by atoms with van der Waals surface area (Å²) in [6.07, 6.45) is 1.52. The molecule has 0 spiro atoms. The quantitative estimate of drug-likeness (QED) is 0.821. The number of carbonyl (C=O) groups is 2. The molecule has 0 atom stereocenters. The monoisotopic (exact) mass is 358 g/mol. The number of nitrogens with zero attached hydrogens (tertiary/aromatic N) is 1. The van der Waals surface area contributed by atoms with Gasteiger partial charge in [-0.05, 0) is 59.8 Å². The second-order valence-electron chi connectivity index (χ2n) is 5.23. The largest absolute Gasteiger partial charge is 0.497 e. The molecule has 25 heavy (non-hydrogen) atoms. The van der Waals surface area contributed by atoms with Crippen molar-refractivity contribution in [3.63, 3.8) is 0 Å². The SMILES string of the molecule is COc1ccc(NCN2C(=O)S/C(=C/c3cccc(F)c3)C2=O)cc1. The van der Waals surface area contributed by atoms with Crippen molar-refractivity contribution in [3.8, 4) is 5.75 Å². The Bertz CT molecular complexity index is 836. The van der Waals surface area contributed by atoms with Crippen molar-refractivity contribution in [3.05, 3.63) is 64.8 Å². The summed E-state index contributed by atoms with van der Waals surface area (Å²) >= 11 is 0.840. The average molecular weight is 358 g/mol. The van der Waals surface area contributed by atoms with Gasteiger partial charge in [-0.3, -0.25) is 14.5 Å². The smallest absolute Gasteiger partial charge is 0.295 e. The molecule has 0 radical (unpaired) electrons. The maximum Gasteiger partial charge on any atom is 0.295 e. The highest BCUT2D eigenvalue weighted by Gasteiger charge is 2.34. The summed E-state index contributed by atoms with van der Waals surface area (Å²) in [6, 6.07) is 13.0. The Morgan fingerprint density at radius 1 is 1.20 bits per heavy atom. The molecule has 2 aromatic carbocycles. The number of thioether (sulfide) groups is 1. The van der Waals surface area contributed by atoms with E-state index in [1.165, 1.54) is 18.2 Å². The van der Waals surface area contributed by atoms with Crippen molar-refractivity contribution in [2.75, 3.05) is 19.1 Å². The zero-order chi connectivity index (χ0) is 17.8. The molecule has 3 rings (SSSR count). The molecule has 0 aliphatic carbocycles. The predicted molar refractivity (Wildman–Crippen MR) is 95.7 cm³/mol. The Balaban J connectivity index is 1.68. The third-order valence-electron chi connectivity index (χ3n) is 3.55. The Morgan fingerprint density at radius 3 is 2.64 bits per heavy atom. The van der Waals surface area contributed by atoms with Gasteiger partial charge in [-0.1, -0.05) is 12.1 Å². The normalized spacial score (nSPS) is 15.8.